The number of carbonyl (C=O) groups excluding carboxylic acids is 2. The predicted molar refractivity (Wildman–Crippen MR) is 117 cm³/mol. The van der Waals surface area contributed by atoms with Crippen molar-refractivity contribution in [1.82, 2.24) is 9.55 Å². The molecule has 0 fully saturated rings. The van der Waals surface area contributed by atoms with Crippen LogP contribution in [0.25, 0.3) is 11.0 Å². The third kappa shape index (κ3) is 3.68. The molecule has 7 heteroatoms. The Balaban J connectivity index is 1.62. The summed E-state index contributed by atoms with van der Waals surface area (Å²) >= 11 is 0. The molecule has 0 saturated carbocycles. The lowest BCUT2D eigenvalue weighted by Crippen LogP contribution is -2.32. The molecule has 0 spiro atoms. The number of methoxy groups -OCH3 is 1. The Morgan fingerprint density at radius 3 is 2.80 bits per heavy atom. The Morgan fingerprint density at radius 1 is 1.20 bits per heavy atom. The van der Waals surface area contributed by atoms with Crippen molar-refractivity contribution in [2.24, 2.45) is 0 Å². The average Bonchev–Trinajstić information content (AvgIpc) is 3.21. The fraction of sp³-hybridized carbons (Fsp3) is 0.348. The number of nitrogens with zero attached hydrogens (tertiary/aromatic N) is 3. The van der Waals surface area contributed by atoms with Gasteiger partial charge in [-0.15, -0.1) is 0 Å². The van der Waals surface area contributed by atoms with E-state index in [4.69, 9.17) is 4.74 Å². The minimum atomic E-state index is -0.611. The summed E-state index contributed by atoms with van der Waals surface area (Å²) in [6.45, 7) is 5.00. The highest BCUT2D eigenvalue weighted by Crippen LogP contribution is 2.36. The summed E-state index contributed by atoms with van der Waals surface area (Å²) in [6.07, 6.45) is 0.757. The summed E-state index contributed by atoms with van der Waals surface area (Å²) in [4.78, 5) is 32.4. The number of anilines is 2. The Bertz CT molecular complexity index is 1110. The SMILES string of the molecule is COCCCN1C(=O)C(CC(=O)Nc2cc(C)ccc2C)n2c1nc1ccccc12. The van der Waals surface area contributed by atoms with E-state index in [2.05, 4.69) is 10.3 Å². The number of benzene rings is 2. The second-order valence-corrected chi connectivity index (χ2v) is 7.69. The predicted octanol–water partition coefficient (Wildman–Crippen LogP) is 3.61. The highest BCUT2D eigenvalue weighted by molar-refractivity contribution is 6.05. The summed E-state index contributed by atoms with van der Waals surface area (Å²) < 4.78 is 7.03. The molecule has 0 aliphatic carbocycles. The monoisotopic (exact) mass is 406 g/mol. The third-order valence-electron chi connectivity index (χ3n) is 5.46. The van der Waals surface area contributed by atoms with E-state index < -0.39 is 6.04 Å². The molecule has 4 rings (SSSR count). The van der Waals surface area contributed by atoms with Crippen molar-refractivity contribution in [2.45, 2.75) is 32.7 Å². The molecular weight excluding hydrogens is 380 g/mol. The van der Waals surface area contributed by atoms with Crippen molar-refractivity contribution >= 4 is 34.5 Å². The van der Waals surface area contributed by atoms with E-state index in [1.165, 1.54) is 0 Å². The maximum absolute atomic E-state index is 13.2. The largest absolute Gasteiger partial charge is 0.385 e. The molecule has 156 valence electrons. The van der Waals surface area contributed by atoms with Crippen LogP contribution < -0.4 is 10.2 Å². The molecule has 1 aromatic heterocycles. The van der Waals surface area contributed by atoms with E-state index in [0.717, 1.165) is 27.8 Å². The molecule has 1 aliphatic rings. The fourth-order valence-electron chi connectivity index (χ4n) is 3.92. The van der Waals surface area contributed by atoms with Gasteiger partial charge in [0.15, 0.2) is 0 Å². The molecule has 0 bridgehead atoms. The van der Waals surface area contributed by atoms with E-state index in [9.17, 15) is 9.59 Å². The van der Waals surface area contributed by atoms with E-state index in [0.29, 0.717) is 25.5 Å². The Kier molecular flexibility index (Phi) is 5.55. The number of aryl methyl sites for hydroxylation is 2. The van der Waals surface area contributed by atoms with Crippen molar-refractivity contribution in [3.05, 3.63) is 53.6 Å². The zero-order valence-electron chi connectivity index (χ0n) is 17.5. The van der Waals surface area contributed by atoms with Crippen LogP contribution in [-0.2, 0) is 14.3 Å². The Morgan fingerprint density at radius 2 is 2.00 bits per heavy atom. The van der Waals surface area contributed by atoms with Crippen LogP contribution in [-0.4, -0.2) is 41.6 Å². The zero-order valence-corrected chi connectivity index (χ0v) is 17.5. The number of rotatable bonds is 7. The molecule has 2 heterocycles. The summed E-state index contributed by atoms with van der Waals surface area (Å²) in [6, 6.07) is 13.0. The number of imidazole rings is 1. The van der Waals surface area contributed by atoms with Gasteiger partial charge in [-0.3, -0.25) is 19.1 Å². The molecule has 1 atom stereocenters. The van der Waals surface area contributed by atoms with Gasteiger partial charge in [-0.2, -0.15) is 0 Å². The van der Waals surface area contributed by atoms with Gasteiger partial charge < -0.3 is 10.1 Å². The number of aromatic nitrogens is 2. The topological polar surface area (TPSA) is 76.5 Å². The number of para-hydroxylation sites is 2. The first-order valence-electron chi connectivity index (χ1n) is 10.1. The van der Waals surface area contributed by atoms with Gasteiger partial charge in [-0.1, -0.05) is 24.3 Å². The van der Waals surface area contributed by atoms with Crippen molar-refractivity contribution in [2.75, 3.05) is 30.5 Å². The molecule has 0 radical (unpaired) electrons. The molecule has 1 aliphatic heterocycles. The van der Waals surface area contributed by atoms with E-state index >= 15 is 0 Å². The zero-order chi connectivity index (χ0) is 21.3. The van der Waals surface area contributed by atoms with Crippen LogP contribution in [0.1, 0.15) is 30.0 Å². The summed E-state index contributed by atoms with van der Waals surface area (Å²) in [5, 5.41) is 2.97. The molecule has 7 nitrogen and oxygen atoms in total. The lowest BCUT2D eigenvalue weighted by molar-refractivity contribution is -0.124. The summed E-state index contributed by atoms with van der Waals surface area (Å²) in [7, 11) is 1.64. The summed E-state index contributed by atoms with van der Waals surface area (Å²) in [5.74, 6) is 0.307. The maximum atomic E-state index is 13.2. The first-order chi connectivity index (χ1) is 14.5. The van der Waals surface area contributed by atoms with Crippen LogP contribution in [0.15, 0.2) is 42.5 Å². The van der Waals surface area contributed by atoms with Crippen LogP contribution >= 0.6 is 0 Å². The molecular formula is C23H26N4O3. The third-order valence-corrected chi connectivity index (χ3v) is 5.46. The molecule has 2 aromatic carbocycles. The number of hydrogen-bond donors (Lipinski definition) is 1. The Hall–Kier alpha value is -3.19. The number of ether oxygens (including phenoxy) is 1. The average molecular weight is 406 g/mol. The molecule has 0 saturated heterocycles. The number of nitrogens with one attached hydrogen (secondary N) is 1. The van der Waals surface area contributed by atoms with Gasteiger partial charge >= 0.3 is 0 Å². The van der Waals surface area contributed by atoms with E-state index in [1.54, 1.807) is 12.0 Å². The molecule has 2 amide bonds. The van der Waals surface area contributed by atoms with Gasteiger partial charge in [0, 0.05) is 25.9 Å². The van der Waals surface area contributed by atoms with Gasteiger partial charge in [0.1, 0.15) is 6.04 Å². The summed E-state index contributed by atoms with van der Waals surface area (Å²) in [5.41, 5.74) is 4.51. The van der Waals surface area contributed by atoms with Crippen LogP contribution in [0.2, 0.25) is 0 Å². The second-order valence-electron chi connectivity index (χ2n) is 7.69. The van der Waals surface area contributed by atoms with Crippen molar-refractivity contribution < 1.29 is 14.3 Å². The highest BCUT2D eigenvalue weighted by Gasteiger charge is 2.40. The lowest BCUT2D eigenvalue weighted by Gasteiger charge is -2.16. The minimum Gasteiger partial charge on any atom is -0.385 e. The first kappa shape index (κ1) is 20.1. The first-order valence-corrected chi connectivity index (χ1v) is 10.1. The van der Waals surface area contributed by atoms with Gasteiger partial charge in [0.05, 0.1) is 17.5 Å². The maximum Gasteiger partial charge on any atom is 0.253 e. The number of amides is 2. The van der Waals surface area contributed by atoms with Gasteiger partial charge in [0.2, 0.25) is 11.9 Å². The van der Waals surface area contributed by atoms with Crippen LogP contribution in [0.5, 0.6) is 0 Å². The molecule has 30 heavy (non-hydrogen) atoms. The lowest BCUT2D eigenvalue weighted by atomic mass is 10.1. The molecule has 3 aromatic rings. The van der Waals surface area contributed by atoms with Gasteiger partial charge in [0.25, 0.3) is 5.91 Å². The quantitative estimate of drug-likeness (QED) is 0.608. The van der Waals surface area contributed by atoms with Gasteiger partial charge in [-0.25, -0.2) is 4.98 Å². The van der Waals surface area contributed by atoms with Gasteiger partial charge in [-0.05, 0) is 49.6 Å². The van der Waals surface area contributed by atoms with Crippen LogP contribution in [0.3, 0.4) is 0 Å². The van der Waals surface area contributed by atoms with E-state index in [-0.39, 0.29) is 18.2 Å². The van der Waals surface area contributed by atoms with Crippen molar-refractivity contribution in [3.63, 3.8) is 0 Å². The standard InChI is InChI=1S/C23H26N4O3/c1-15-9-10-16(2)18(13-15)24-21(28)14-20-22(29)26(11-6-12-30-3)23-25-17-7-4-5-8-19(17)27(20)23/h4-5,7-10,13,20H,6,11-12,14H2,1-3H3,(H,24,28). The number of fused-ring (bicyclic) bond motifs is 3. The molecule has 1 N–H and O–H groups in total. The van der Waals surface area contributed by atoms with E-state index in [1.807, 2.05) is 60.9 Å². The molecule has 1 unspecified atom stereocenters. The minimum absolute atomic E-state index is 0.0559. The van der Waals surface area contributed by atoms with Crippen molar-refractivity contribution in [1.29, 1.82) is 0 Å². The van der Waals surface area contributed by atoms with Crippen LogP contribution in [0, 0.1) is 13.8 Å². The number of carbonyl (C=O) groups is 2. The number of hydrogen-bond acceptors (Lipinski definition) is 4. The smallest absolute Gasteiger partial charge is 0.253 e. The van der Waals surface area contributed by atoms with Crippen molar-refractivity contribution in [3.8, 4) is 0 Å². The Labute approximate surface area is 175 Å². The normalized spacial score (nSPS) is 15.6. The van der Waals surface area contributed by atoms with Crippen LogP contribution in [0.4, 0.5) is 11.6 Å². The second kappa shape index (κ2) is 8.28. The fourth-order valence-corrected chi connectivity index (χ4v) is 3.92. The highest BCUT2D eigenvalue weighted by atomic mass is 16.5.